The van der Waals surface area contributed by atoms with Gasteiger partial charge in [0.2, 0.25) is 11.8 Å². The molecule has 0 aromatic heterocycles. The zero-order chi connectivity index (χ0) is 17.4. The molecule has 0 saturated carbocycles. The Bertz CT molecular complexity index is 525. The first-order valence-corrected chi connectivity index (χ1v) is 8.84. The highest BCUT2D eigenvalue weighted by Gasteiger charge is 2.29. The first kappa shape index (κ1) is 18.3. The minimum absolute atomic E-state index is 0.0435. The molecule has 24 heavy (non-hydrogen) atoms. The van der Waals surface area contributed by atoms with Gasteiger partial charge < -0.3 is 15.0 Å². The summed E-state index contributed by atoms with van der Waals surface area (Å²) in [6.07, 6.45) is 3.52. The average Bonchev–Trinajstić information content (AvgIpc) is 2.60. The lowest BCUT2D eigenvalue weighted by atomic mass is 10.0. The van der Waals surface area contributed by atoms with Crippen LogP contribution in [0.2, 0.25) is 0 Å². The van der Waals surface area contributed by atoms with E-state index in [1.54, 1.807) is 0 Å². The number of para-hydroxylation sites is 1. The molecule has 1 saturated heterocycles. The lowest BCUT2D eigenvalue weighted by molar-refractivity contribution is -0.138. The quantitative estimate of drug-likeness (QED) is 0.835. The molecular formula is C19H28N2O3. The molecular weight excluding hydrogens is 304 g/mol. The number of likely N-dealkylation sites (tertiary alicyclic amines) is 1. The molecule has 1 aliphatic heterocycles. The van der Waals surface area contributed by atoms with Gasteiger partial charge in [0.15, 0.2) is 0 Å². The summed E-state index contributed by atoms with van der Waals surface area (Å²) in [7, 11) is 0. The molecule has 1 heterocycles. The highest BCUT2D eigenvalue weighted by molar-refractivity contribution is 5.88. The van der Waals surface area contributed by atoms with E-state index in [0.29, 0.717) is 6.61 Å². The third-order valence-corrected chi connectivity index (χ3v) is 4.26. The predicted octanol–water partition coefficient (Wildman–Crippen LogP) is 2.61. The van der Waals surface area contributed by atoms with Crippen molar-refractivity contribution in [1.29, 1.82) is 0 Å². The molecule has 0 unspecified atom stereocenters. The number of amides is 2. The maximum absolute atomic E-state index is 12.7. The van der Waals surface area contributed by atoms with Crippen molar-refractivity contribution in [1.82, 2.24) is 10.2 Å². The fraction of sp³-hybridized carbons (Fsp3) is 0.579. The van der Waals surface area contributed by atoms with Crippen molar-refractivity contribution >= 4 is 11.8 Å². The van der Waals surface area contributed by atoms with Crippen LogP contribution >= 0.6 is 0 Å². The van der Waals surface area contributed by atoms with Gasteiger partial charge in [-0.05, 0) is 37.3 Å². The number of nitrogens with zero attached hydrogens (tertiary/aromatic N) is 1. The van der Waals surface area contributed by atoms with E-state index < -0.39 is 6.04 Å². The van der Waals surface area contributed by atoms with Crippen LogP contribution in [0.5, 0.6) is 5.75 Å². The van der Waals surface area contributed by atoms with E-state index in [2.05, 4.69) is 5.32 Å². The highest BCUT2D eigenvalue weighted by atomic mass is 16.5. The standard InChI is InChI=1S/C19H28N2O3/c1-15(2)18(19(23)21-12-7-4-8-13-21)20-17(22)11-14-24-16-9-5-3-6-10-16/h3,5-6,9-10,15,18H,4,7-8,11-14H2,1-2H3,(H,20,22)/t18-/m1/s1. The lowest BCUT2D eigenvalue weighted by Crippen LogP contribution is -2.52. The summed E-state index contributed by atoms with van der Waals surface area (Å²) in [6, 6.07) is 8.96. The van der Waals surface area contributed by atoms with Crippen LogP contribution in [0.1, 0.15) is 39.5 Å². The maximum Gasteiger partial charge on any atom is 0.245 e. The van der Waals surface area contributed by atoms with Crippen molar-refractivity contribution in [3.05, 3.63) is 30.3 Å². The van der Waals surface area contributed by atoms with Gasteiger partial charge >= 0.3 is 0 Å². The van der Waals surface area contributed by atoms with Gasteiger partial charge in [0.25, 0.3) is 0 Å². The van der Waals surface area contributed by atoms with Gasteiger partial charge in [-0.1, -0.05) is 32.0 Å². The number of rotatable bonds is 7. The Morgan fingerprint density at radius 1 is 1.12 bits per heavy atom. The Kier molecular flexibility index (Phi) is 7.09. The molecule has 1 aromatic carbocycles. The summed E-state index contributed by atoms with van der Waals surface area (Å²) in [6.45, 7) is 5.84. The van der Waals surface area contributed by atoms with E-state index in [4.69, 9.17) is 4.74 Å². The molecule has 1 N–H and O–H groups in total. The monoisotopic (exact) mass is 332 g/mol. The minimum Gasteiger partial charge on any atom is -0.493 e. The first-order valence-electron chi connectivity index (χ1n) is 8.84. The van der Waals surface area contributed by atoms with Crippen LogP contribution in [0.15, 0.2) is 30.3 Å². The van der Waals surface area contributed by atoms with Gasteiger partial charge in [-0.15, -0.1) is 0 Å². The molecule has 5 nitrogen and oxygen atoms in total. The van der Waals surface area contributed by atoms with E-state index in [1.807, 2.05) is 49.1 Å². The molecule has 0 aliphatic carbocycles. The number of benzene rings is 1. The Labute approximate surface area is 144 Å². The zero-order valence-electron chi connectivity index (χ0n) is 14.7. The molecule has 2 rings (SSSR count). The minimum atomic E-state index is -0.452. The van der Waals surface area contributed by atoms with Crippen molar-refractivity contribution in [2.45, 2.75) is 45.6 Å². The lowest BCUT2D eigenvalue weighted by Gasteiger charge is -2.32. The molecule has 1 atom stereocenters. The van der Waals surface area contributed by atoms with Crippen LogP contribution in [-0.2, 0) is 9.59 Å². The fourth-order valence-electron chi connectivity index (χ4n) is 2.85. The van der Waals surface area contributed by atoms with Gasteiger partial charge in [0.1, 0.15) is 11.8 Å². The third-order valence-electron chi connectivity index (χ3n) is 4.26. The Morgan fingerprint density at radius 3 is 2.42 bits per heavy atom. The maximum atomic E-state index is 12.7. The molecule has 0 spiro atoms. The molecule has 0 radical (unpaired) electrons. The number of ether oxygens (including phenoxy) is 1. The zero-order valence-corrected chi connectivity index (χ0v) is 14.7. The van der Waals surface area contributed by atoms with E-state index in [0.717, 1.165) is 31.7 Å². The number of piperidine rings is 1. The number of hydrogen-bond acceptors (Lipinski definition) is 3. The smallest absolute Gasteiger partial charge is 0.245 e. The second-order valence-electron chi connectivity index (χ2n) is 6.59. The van der Waals surface area contributed by atoms with Gasteiger partial charge in [-0.2, -0.15) is 0 Å². The van der Waals surface area contributed by atoms with Crippen molar-refractivity contribution in [3.8, 4) is 5.75 Å². The van der Waals surface area contributed by atoms with Crippen molar-refractivity contribution in [2.24, 2.45) is 5.92 Å². The largest absolute Gasteiger partial charge is 0.493 e. The van der Waals surface area contributed by atoms with Crippen LogP contribution in [0.4, 0.5) is 0 Å². The average molecular weight is 332 g/mol. The molecule has 5 heteroatoms. The number of carbonyl (C=O) groups is 2. The molecule has 132 valence electrons. The summed E-state index contributed by atoms with van der Waals surface area (Å²) < 4.78 is 5.54. The first-order chi connectivity index (χ1) is 11.6. The summed E-state index contributed by atoms with van der Waals surface area (Å²) >= 11 is 0. The van der Waals surface area contributed by atoms with E-state index in [-0.39, 0.29) is 24.2 Å². The van der Waals surface area contributed by atoms with E-state index in [1.165, 1.54) is 6.42 Å². The normalized spacial score (nSPS) is 15.9. The van der Waals surface area contributed by atoms with Gasteiger partial charge in [-0.3, -0.25) is 9.59 Å². The molecule has 0 bridgehead atoms. The predicted molar refractivity (Wildman–Crippen MR) is 93.8 cm³/mol. The summed E-state index contributed by atoms with van der Waals surface area (Å²) in [4.78, 5) is 26.7. The summed E-state index contributed by atoms with van der Waals surface area (Å²) in [5.74, 6) is 0.713. The van der Waals surface area contributed by atoms with E-state index >= 15 is 0 Å². The van der Waals surface area contributed by atoms with Crippen molar-refractivity contribution < 1.29 is 14.3 Å². The number of nitrogens with one attached hydrogen (secondary N) is 1. The van der Waals surface area contributed by atoms with Gasteiger partial charge in [-0.25, -0.2) is 0 Å². The highest BCUT2D eigenvalue weighted by Crippen LogP contribution is 2.14. The third kappa shape index (κ3) is 5.55. The summed E-state index contributed by atoms with van der Waals surface area (Å²) in [5.41, 5.74) is 0. The second-order valence-corrected chi connectivity index (χ2v) is 6.59. The van der Waals surface area contributed by atoms with Crippen LogP contribution in [0, 0.1) is 5.92 Å². The Balaban J connectivity index is 1.80. The number of carbonyl (C=O) groups excluding carboxylic acids is 2. The molecule has 1 aliphatic rings. The molecule has 2 amide bonds. The topological polar surface area (TPSA) is 58.6 Å². The number of hydrogen-bond donors (Lipinski definition) is 1. The fourth-order valence-corrected chi connectivity index (χ4v) is 2.85. The van der Waals surface area contributed by atoms with Crippen LogP contribution in [0.3, 0.4) is 0 Å². The molecule has 1 aromatic rings. The van der Waals surface area contributed by atoms with Crippen LogP contribution in [-0.4, -0.2) is 42.5 Å². The van der Waals surface area contributed by atoms with Crippen LogP contribution < -0.4 is 10.1 Å². The van der Waals surface area contributed by atoms with Crippen molar-refractivity contribution in [2.75, 3.05) is 19.7 Å². The van der Waals surface area contributed by atoms with E-state index in [9.17, 15) is 9.59 Å². The summed E-state index contributed by atoms with van der Waals surface area (Å²) in [5, 5.41) is 2.89. The second kappa shape index (κ2) is 9.30. The van der Waals surface area contributed by atoms with Gasteiger partial charge in [0.05, 0.1) is 13.0 Å². The SMILES string of the molecule is CC(C)[C@@H](NC(=O)CCOc1ccccc1)C(=O)N1CCCCC1. The Hall–Kier alpha value is -2.04. The van der Waals surface area contributed by atoms with Gasteiger partial charge in [0, 0.05) is 13.1 Å². The Morgan fingerprint density at radius 2 is 1.79 bits per heavy atom. The molecule has 1 fully saturated rings. The van der Waals surface area contributed by atoms with Crippen LogP contribution in [0.25, 0.3) is 0 Å². The van der Waals surface area contributed by atoms with Crippen molar-refractivity contribution in [3.63, 3.8) is 0 Å².